The molecular formula is C15H17ClN2O3. The molecule has 0 aromatic heterocycles. The van der Waals surface area contributed by atoms with Crippen LogP contribution in [0.25, 0.3) is 0 Å². The van der Waals surface area contributed by atoms with Crippen LogP contribution in [0.5, 0.6) is 0 Å². The lowest BCUT2D eigenvalue weighted by atomic mass is 10.0. The van der Waals surface area contributed by atoms with E-state index in [2.05, 4.69) is 5.32 Å². The van der Waals surface area contributed by atoms with E-state index in [0.717, 1.165) is 6.42 Å². The molecule has 0 saturated carbocycles. The number of ketones is 1. The molecule has 0 fully saturated rings. The zero-order valence-electron chi connectivity index (χ0n) is 12.2. The van der Waals surface area contributed by atoms with Crippen LogP contribution < -0.4 is 10.2 Å². The number of carbonyl (C=O) groups excluding carboxylic acids is 3. The summed E-state index contributed by atoms with van der Waals surface area (Å²) in [5.74, 6) is -1.61. The number of halogens is 1. The number of benzene rings is 1. The van der Waals surface area contributed by atoms with E-state index in [1.165, 1.54) is 17.0 Å². The van der Waals surface area contributed by atoms with Gasteiger partial charge in [-0.1, -0.05) is 18.5 Å². The van der Waals surface area contributed by atoms with E-state index in [4.69, 9.17) is 11.6 Å². The van der Waals surface area contributed by atoms with Gasteiger partial charge in [-0.2, -0.15) is 0 Å². The van der Waals surface area contributed by atoms with Crippen LogP contribution in [0.4, 0.5) is 5.69 Å². The maximum atomic E-state index is 12.1. The van der Waals surface area contributed by atoms with Crippen molar-refractivity contribution >= 4 is 34.9 Å². The normalized spacial score (nSPS) is 14.4. The summed E-state index contributed by atoms with van der Waals surface area (Å²) in [4.78, 5) is 37.1. The van der Waals surface area contributed by atoms with E-state index in [1.807, 2.05) is 20.8 Å². The first kappa shape index (κ1) is 15.5. The van der Waals surface area contributed by atoms with Crippen LogP contribution in [0.15, 0.2) is 18.2 Å². The monoisotopic (exact) mass is 308 g/mol. The van der Waals surface area contributed by atoms with Gasteiger partial charge in [0.05, 0.1) is 11.3 Å². The van der Waals surface area contributed by atoms with Crippen LogP contribution in [0, 0.1) is 0 Å². The quantitative estimate of drug-likeness (QED) is 0.867. The minimum Gasteiger partial charge on any atom is -0.350 e. The number of amides is 2. The van der Waals surface area contributed by atoms with Crippen molar-refractivity contribution in [2.75, 3.05) is 11.4 Å². The number of Topliss-reactive ketones (excluding diaryl/α,β-unsaturated/α-hetero) is 1. The summed E-state index contributed by atoms with van der Waals surface area (Å²) < 4.78 is 0. The van der Waals surface area contributed by atoms with E-state index in [0.29, 0.717) is 10.7 Å². The van der Waals surface area contributed by atoms with Gasteiger partial charge in [-0.15, -0.1) is 0 Å². The van der Waals surface area contributed by atoms with Gasteiger partial charge in [0, 0.05) is 10.6 Å². The van der Waals surface area contributed by atoms with Crippen LogP contribution in [0.2, 0.25) is 5.02 Å². The van der Waals surface area contributed by atoms with E-state index in [9.17, 15) is 14.4 Å². The molecule has 0 spiro atoms. The Labute approximate surface area is 128 Å². The lowest BCUT2D eigenvalue weighted by molar-refractivity contribution is -0.123. The number of hydrogen-bond acceptors (Lipinski definition) is 3. The molecule has 2 rings (SSSR count). The Morgan fingerprint density at radius 2 is 2.00 bits per heavy atom. The second kappa shape index (κ2) is 5.48. The third kappa shape index (κ3) is 3.08. The zero-order chi connectivity index (χ0) is 15.8. The Bertz CT molecular complexity index is 625. The fourth-order valence-corrected chi connectivity index (χ4v) is 2.24. The average Bonchev–Trinajstić information content (AvgIpc) is 2.63. The maximum Gasteiger partial charge on any atom is 0.299 e. The van der Waals surface area contributed by atoms with Crippen molar-refractivity contribution in [3.63, 3.8) is 0 Å². The van der Waals surface area contributed by atoms with Crippen LogP contribution in [-0.2, 0) is 9.59 Å². The van der Waals surface area contributed by atoms with Gasteiger partial charge in [0.25, 0.3) is 11.7 Å². The summed E-state index contributed by atoms with van der Waals surface area (Å²) in [6, 6.07) is 4.58. The summed E-state index contributed by atoms with van der Waals surface area (Å²) in [5, 5.41) is 3.25. The van der Waals surface area contributed by atoms with Gasteiger partial charge in [0.15, 0.2) is 0 Å². The molecule has 0 bridgehead atoms. The van der Waals surface area contributed by atoms with E-state index in [-0.39, 0.29) is 23.6 Å². The smallest absolute Gasteiger partial charge is 0.299 e. The summed E-state index contributed by atoms with van der Waals surface area (Å²) in [6.45, 7) is 5.56. The number of nitrogens with one attached hydrogen (secondary N) is 1. The minimum atomic E-state index is -0.697. The van der Waals surface area contributed by atoms with E-state index in [1.54, 1.807) is 6.07 Å². The van der Waals surface area contributed by atoms with Crippen LogP contribution in [-0.4, -0.2) is 29.7 Å². The zero-order valence-corrected chi connectivity index (χ0v) is 13.0. The molecule has 1 N–H and O–H groups in total. The fraction of sp³-hybridized carbons (Fsp3) is 0.400. The van der Waals surface area contributed by atoms with Gasteiger partial charge in [0.1, 0.15) is 6.54 Å². The van der Waals surface area contributed by atoms with Crippen molar-refractivity contribution < 1.29 is 14.4 Å². The van der Waals surface area contributed by atoms with Gasteiger partial charge in [-0.05, 0) is 38.5 Å². The van der Waals surface area contributed by atoms with Gasteiger partial charge in [-0.25, -0.2) is 0 Å². The van der Waals surface area contributed by atoms with Crippen molar-refractivity contribution in [3.05, 3.63) is 28.8 Å². The number of hydrogen-bond donors (Lipinski definition) is 1. The van der Waals surface area contributed by atoms with Crippen LogP contribution in [0.1, 0.15) is 37.6 Å². The molecule has 6 heteroatoms. The highest BCUT2D eigenvalue weighted by Gasteiger charge is 2.37. The molecular weight excluding hydrogens is 292 g/mol. The predicted molar refractivity (Wildman–Crippen MR) is 80.6 cm³/mol. The Kier molecular flexibility index (Phi) is 4.05. The lowest BCUT2D eigenvalue weighted by Crippen LogP contribution is -2.48. The second-order valence-electron chi connectivity index (χ2n) is 5.67. The lowest BCUT2D eigenvalue weighted by Gasteiger charge is -2.26. The van der Waals surface area contributed by atoms with Gasteiger partial charge < -0.3 is 5.32 Å². The minimum absolute atomic E-state index is 0.193. The standard InChI is InChI=1S/C15H17ClN2O3/c1-4-15(2,3)17-12(19)8-18-11-7-9(16)5-6-10(11)13(20)14(18)21/h5-7H,4,8H2,1-3H3,(H,17,19). The Balaban J connectivity index is 2.22. The topological polar surface area (TPSA) is 66.5 Å². The number of fused-ring (bicyclic) bond motifs is 1. The first-order valence-corrected chi connectivity index (χ1v) is 7.10. The molecule has 21 heavy (non-hydrogen) atoms. The number of carbonyl (C=O) groups is 3. The third-order valence-electron chi connectivity index (χ3n) is 3.60. The highest BCUT2D eigenvalue weighted by atomic mass is 35.5. The van der Waals surface area contributed by atoms with Crippen molar-refractivity contribution in [3.8, 4) is 0 Å². The second-order valence-corrected chi connectivity index (χ2v) is 6.10. The summed E-state index contributed by atoms with van der Waals surface area (Å²) in [5.41, 5.74) is 0.315. The highest BCUT2D eigenvalue weighted by molar-refractivity contribution is 6.53. The van der Waals surface area contributed by atoms with Crippen molar-refractivity contribution in [2.24, 2.45) is 0 Å². The molecule has 0 atom stereocenters. The highest BCUT2D eigenvalue weighted by Crippen LogP contribution is 2.31. The van der Waals surface area contributed by atoms with Gasteiger partial charge in [0.2, 0.25) is 5.91 Å². The van der Waals surface area contributed by atoms with E-state index >= 15 is 0 Å². The summed E-state index contributed by atoms with van der Waals surface area (Å²) in [6.07, 6.45) is 0.758. The third-order valence-corrected chi connectivity index (χ3v) is 3.83. The molecule has 1 aromatic rings. The molecule has 5 nitrogen and oxygen atoms in total. The molecule has 1 aromatic carbocycles. The molecule has 1 aliphatic heterocycles. The van der Waals surface area contributed by atoms with Gasteiger partial charge in [-0.3, -0.25) is 19.3 Å². The van der Waals surface area contributed by atoms with Gasteiger partial charge >= 0.3 is 0 Å². The Morgan fingerprint density at radius 1 is 1.33 bits per heavy atom. The number of nitrogens with zero attached hydrogens (tertiary/aromatic N) is 1. The molecule has 1 aliphatic rings. The molecule has 0 aliphatic carbocycles. The number of rotatable bonds is 4. The van der Waals surface area contributed by atoms with Crippen LogP contribution in [0.3, 0.4) is 0 Å². The predicted octanol–water partition coefficient (Wildman–Crippen LogP) is 2.17. The largest absolute Gasteiger partial charge is 0.350 e. The molecule has 2 amide bonds. The first-order valence-electron chi connectivity index (χ1n) is 6.72. The van der Waals surface area contributed by atoms with Crippen molar-refractivity contribution in [1.82, 2.24) is 5.32 Å². The Hall–Kier alpha value is -1.88. The average molecular weight is 309 g/mol. The van der Waals surface area contributed by atoms with Crippen molar-refractivity contribution in [2.45, 2.75) is 32.7 Å². The van der Waals surface area contributed by atoms with Crippen LogP contribution >= 0.6 is 11.6 Å². The molecule has 0 radical (unpaired) electrons. The first-order chi connectivity index (χ1) is 9.75. The van der Waals surface area contributed by atoms with Crippen molar-refractivity contribution in [1.29, 1.82) is 0 Å². The SMILES string of the molecule is CCC(C)(C)NC(=O)CN1C(=O)C(=O)c2ccc(Cl)cc21. The molecule has 0 unspecified atom stereocenters. The molecule has 0 saturated heterocycles. The Morgan fingerprint density at radius 3 is 2.62 bits per heavy atom. The van der Waals surface area contributed by atoms with E-state index < -0.39 is 11.7 Å². The summed E-state index contributed by atoms with van der Waals surface area (Å²) >= 11 is 5.90. The molecule has 112 valence electrons. The maximum absolute atomic E-state index is 12.1. The number of anilines is 1. The fourth-order valence-electron chi connectivity index (χ4n) is 2.07. The molecule has 1 heterocycles. The summed E-state index contributed by atoms with van der Waals surface area (Å²) in [7, 11) is 0.